The second kappa shape index (κ2) is 6.54. The Kier molecular flexibility index (Phi) is 4.75. The van der Waals surface area contributed by atoms with E-state index in [-0.39, 0.29) is 5.91 Å². The molecule has 2 unspecified atom stereocenters. The van der Waals surface area contributed by atoms with Crippen molar-refractivity contribution in [1.29, 1.82) is 0 Å². The molecule has 0 heterocycles. The van der Waals surface area contributed by atoms with Crippen LogP contribution in [-0.2, 0) is 15.6 Å². The minimum absolute atomic E-state index is 0.291. The number of hydrogen-bond acceptors (Lipinski definition) is 3. The summed E-state index contributed by atoms with van der Waals surface area (Å²) in [5.74, 6) is -0.291. The van der Waals surface area contributed by atoms with Crippen LogP contribution in [0, 0.1) is 6.92 Å². The molecule has 0 spiro atoms. The highest BCUT2D eigenvalue weighted by Gasteiger charge is 2.21. The zero-order chi connectivity index (χ0) is 15.4. The molecule has 2 atom stereocenters. The molecular weight excluding hydrogens is 284 g/mol. The van der Waals surface area contributed by atoms with E-state index in [2.05, 4.69) is 5.32 Å². The molecular formula is C16H18N2O2S. The molecule has 3 N–H and O–H groups in total. The van der Waals surface area contributed by atoms with Crippen LogP contribution < -0.4 is 11.1 Å². The smallest absolute Gasteiger partial charge is 0.240 e. The fourth-order valence-electron chi connectivity index (χ4n) is 1.90. The molecule has 0 radical (unpaired) electrons. The summed E-state index contributed by atoms with van der Waals surface area (Å²) in [6.07, 6.45) is 0. The zero-order valence-electron chi connectivity index (χ0n) is 12.0. The Morgan fingerprint density at radius 2 is 1.90 bits per heavy atom. The first-order valence-electron chi connectivity index (χ1n) is 6.61. The first-order valence-corrected chi connectivity index (χ1v) is 7.82. The fraction of sp³-hybridized carbons (Fsp3) is 0.188. The Morgan fingerprint density at radius 3 is 2.57 bits per heavy atom. The lowest BCUT2D eigenvalue weighted by Crippen LogP contribution is -2.29. The predicted octanol–water partition coefficient (Wildman–Crippen LogP) is 2.71. The van der Waals surface area contributed by atoms with Crippen molar-refractivity contribution in [1.82, 2.24) is 0 Å². The third-order valence-electron chi connectivity index (χ3n) is 3.07. The van der Waals surface area contributed by atoms with Crippen molar-refractivity contribution in [2.45, 2.75) is 24.0 Å². The minimum atomic E-state index is -1.39. The Labute approximate surface area is 126 Å². The summed E-state index contributed by atoms with van der Waals surface area (Å²) in [7, 11) is -1.39. The van der Waals surface area contributed by atoms with Crippen molar-refractivity contribution in [2.75, 3.05) is 11.1 Å². The monoisotopic (exact) mass is 302 g/mol. The van der Waals surface area contributed by atoms with E-state index < -0.39 is 16.0 Å². The highest BCUT2D eigenvalue weighted by Crippen LogP contribution is 2.16. The highest BCUT2D eigenvalue weighted by molar-refractivity contribution is 7.86. The summed E-state index contributed by atoms with van der Waals surface area (Å²) < 4.78 is 12.4. The molecule has 0 aromatic heterocycles. The summed E-state index contributed by atoms with van der Waals surface area (Å²) >= 11 is 0. The standard InChI is InChI=1S/C16H18N2O2S/c1-11-5-3-8-15(9-11)21(20)12(2)16(19)18-14-7-4-6-13(17)10-14/h3-10,12H,17H2,1-2H3,(H,18,19). The maximum atomic E-state index is 12.4. The first kappa shape index (κ1) is 15.3. The maximum Gasteiger partial charge on any atom is 0.240 e. The van der Waals surface area contributed by atoms with Crippen molar-refractivity contribution < 1.29 is 9.00 Å². The van der Waals surface area contributed by atoms with E-state index in [1.165, 1.54) is 0 Å². The van der Waals surface area contributed by atoms with Gasteiger partial charge < -0.3 is 11.1 Å². The third-order valence-corrected chi connectivity index (χ3v) is 4.64. The van der Waals surface area contributed by atoms with E-state index in [0.29, 0.717) is 16.3 Å². The van der Waals surface area contributed by atoms with Gasteiger partial charge in [-0.05, 0) is 49.7 Å². The van der Waals surface area contributed by atoms with Crippen LogP contribution in [0.2, 0.25) is 0 Å². The summed E-state index contributed by atoms with van der Waals surface area (Å²) in [6, 6.07) is 14.3. The van der Waals surface area contributed by atoms with Gasteiger partial charge in [-0.1, -0.05) is 18.2 Å². The van der Waals surface area contributed by atoms with E-state index in [4.69, 9.17) is 5.73 Å². The molecule has 0 saturated carbocycles. The van der Waals surface area contributed by atoms with Crippen LogP contribution in [0.1, 0.15) is 12.5 Å². The van der Waals surface area contributed by atoms with Gasteiger partial charge in [0, 0.05) is 16.3 Å². The zero-order valence-corrected chi connectivity index (χ0v) is 12.8. The number of amides is 1. The van der Waals surface area contributed by atoms with E-state index in [9.17, 15) is 9.00 Å². The summed E-state index contributed by atoms with van der Waals surface area (Å²) in [6.45, 7) is 3.58. The van der Waals surface area contributed by atoms with Crippen LogP contribution in [0.3, 0.4) is 0 Å². The Balaban J connectivity index is 2.10. The number of carbonyl (C=O) groups excluding carboxylic acids is 1. The number of nitrogens with one attached hydrogen (secondary N) is 1. The molecule has 2 aromatic carbocycles. The van der Waals surface area contributed by atoms with Crippen LogP contribution in [0.5, 0.6) is 0 Å². The van der Waals surface area contributed by atoms with Gasteiger partial charge in [-0.3, -0.25) is 9.00 Å². The van der Waals surface area contributed by atoms with Crippen molar-refractivity contribution in [3.63, 3.8) is 0 Å². The molecule has 1 amide bonds. The van der Waals surface area contributed by atoms with Gasteiger partial charge in [-0.2, -0.15) is 0 Å². The second-order valence-electron chi connectivity index (χ2n) is 4.87. The third kappa shape index (κ3) is 3.92. The van der Waals surface area contributed by atoms with Crippen LogP contribution in [0.25, 0.3) is 0 Å². The second-order valence-corrected chi connectivity index (χ2v) is 6.64. The number of nitrogens with two attached hydrogens (primary N) is 1. The number of aryl methyl sites for hydroxylation is 1. The number of hydrogen-bond donors (Lipinski definition) is 2. The van der Waals surface area contributed by atoms with Gasteiger partial charge in [-0.25, -0.2) is 0 Å². The molecule has 0 aliphatic heterocycles. The van der Waals surface area contributed by atoms with Gasteiger partial charge in [0.25, 0.3) is 0 Å². The van der Waals surface area contributed by atoms with Crippen LogP contribution in [-0.4, -0.2) is 15.4 Å². The number of anilines is 2. The molecule has 2 aromatic rings. The highest BCUT2D eigenvalue weighted by atomic mass is 32.2. The normalized spacial score (nSPS) is 13.4. The molecule has 21 heavy (non-hydrogen) atoms. The van der Waals surface area contributed by atoms with Crippen molar-refractivity contribution in [2.24, 2.45) is 0 Å². The average molecular weight is 302 g/mol. The van der Waals surface area contributed by atoms with Crippen molar-refractivity contribution in [3.8, 4) is 0 Å². The number of benzene rings is 2. The Bertz CT molecular complexity index is 685. The van der Waals surface area contributed by atoms with Crippen LogP contribution >= 0.6 is 0 Å². The first-order chi connectivity index (χ1) is 9.97. The van der Waals surface area contributed by atoms with E-state index in [1.807, 2.05) is 25.1 Å². The van der Waals surface area contributed by atoms with Crippen LogP contribution in [0.4, 0.5) is 11.4 Å². The lowest BCUT2D eigenvalue weighted by Gasteiger charge is -2.13. The largest absolute Gasteiger partial charge is 0.399 e. The quantitative estimate of drug-likeness (QED) is 0.853. The van der Waals surface area contributed by atoms with E-state index in [1.54, 1.807) is 37.3 Å². The molecule has 0 aliphatic carbocycles. The topological polar surface area (TPSA) is 72.2 Å². The SMILES string of the molecule is Cc1cccc(S(=O)C(C)C(=O)Nc2cccc(N)c2)c1. The van der Waals surface area contributed by atoms with Gasteiger partial charge in [0.1, 0.15) is 5.25 Å². The molecule has 0 bridgehead atoms. The number of carbonyl (C=O) groups is 1. The van der Waals surface area contributed by atoms with Crippen molar-refractivity contribution in [3.05, 3.63) is 54.1 Å². The lowest BCUT2D eigenvalue weighted by molar-refractivity contribution is -0.115. The summed E-state index contributed by atoms with van der Waals surface area (Å²) in [5.41, 5.74) is 7.86. The molecule has 4 nitrogen and oxygen atoms in total. The summed E-state index contributed by atoms with van der Waals surface area (Å²) in [5, 5.41) is 2.09. The van der Waals surface area contributed by atoms with Gasteiger partial charge in [0.15, 0.2) is 0 Å². The molecule has 0 saturated heterocycles. The van der Waals surface area contributed by atoms with Gasteiger partial charge >= 0.3 is 0 Å². The Hall–Kier alpha value is -2.14. The van der Waals surface area contributed by atoms with Crippen LogP contribution in [0.15, 0.2) is 53.4 Å². The van der Waals surface area contributed by atoms with Gasteiger partial charge in [-0.15, -0.1) is 0 Å². The molecule has 5 heteroatoms. The van der Waals surface area contributed by atoms with Gasteiger partial charge in [0.2, 0.25) is 5.91 Å². The average Bonchev–Trinajstić information content (AvgIpc) is 2.45. The Morgan fingerprint density at radius 1 is 1.19 bits per heavy atom. The molecule has 2 rings (SSSR count). The summed E-state index contributed by atoms with van der Waals surface area (Å²) in [4.78, 5) is 12.8. The number of rotatable bonds is 4. The fourth-order valence-corrected chi connectivity index (χ4v) is 3.08. The lowest BCUT2D eigenvalue weighted by atomic mass is 10.2. The van der Waals surface area contributed by atoms with E-state index in [0.717, 1.165) is 5.56 Å². The number of nitrogen functional groups attached to an aromatic ring is 1. The maximum absolute atomic E-state index is 12.4. The molecule has 110 valence electrons. The van der Waals surface area contributed by atoms with Gasteiger partial charge in [0.05, 0.1) is 10.8 Å². The van der Waals surface area contributed by atoms with Crippen molar-refractivity contribution >= 4 is 28.1 Å². The predicted molar refractivity (Wildman–Crippen MR) is 86.5 cm³/mol. The minimum Gasteiger partial charge on any atom is -0.399 e. The molecule has 0 fully saturated rings. The van der Waals surface area contributed by atoms with E-state index >= 15 is 0 Å². The molecule has 0 aliphatic rings.